The van der Waals surface area contributed by atoms with Crippen molar-refractivity contribution >= 4 is 15.9 Å². The number of rotatable bonds is 8. The van der Waals surface area contributed by atoms with Crippen molar-refractivity contribution in [1.82, 2.24) is 0 Å². The molecule has 2 aliphatic carbocycles. The molecule has 0 bridgehead atoms. The maximum absolute atomic E-state index is 3.71. The minimum Gasteiger partial charge on any atom is -0.0654 e. The van der Waals surface area contributed by atoms with Gasteiger partial charge in [0.25, 0.3) is 0 Å². The molecule has 4 unspecified atom stereocenters. The fraction of sp³-hybridized carbons (Fsp3) is 0.429. The van der Waals surface area contributed by atoms with Gasteiger partial charge < -0.3 is 0 Å². The topological polar surface area (TPSA) is 0 Å². The molecular formula is C42H49Br. The molecular weight excluding hydrogens is 584 g/mol. The molecule has 4 aromatic rings. The van der Waals surface area contributed by atoms with Crippen LogP contribution in [0.25, 0.3) is 0 Å². The molecule has 4 aromatic carbocycles. The van der Waals surface area contributed by atoms with Crippen molar-refractivity contribution in [2.24, 2.45) is 11.8 Å². The van der Waals surface area contributed by atoms with Crippen molar-refractivity contribution in [2.45, 2.75) is 103 Å². The lowest BCUT2D eigenvalue weighted by Gasteiger charge is -2.43. The molecule has 0 N–H and O–H groups in total. The van der Waals surface area contributed by atoms with E-state index in [4.69, 9.17) is 0 Å². The molecule has 0 fully saturated rings. The molecule has 2 aliphatic rings. The van der Waals surface area contributed by atoms with E-state index in [-0.39, 0.29) is 11.3 Å². The van der Waals surface area contributed by atoms with Gasteiger partial charge in [-0.15, -0.1) is 0 Å². The van der Waals surface area contributed by atoms with Gasteiger partial charge in [-0.2, -0.15) is 0 Å². The highest BCUT2D eigenvalue weighted by atomic mass is 79.9. The number of fused-ring (bicyclic) bond motifs is 3. The van der Waals surface area contributed by atoms with Gasteiger partial charge in [0.2, 0.25) is 0 Å². The Hall–Kier alpha value is -2.64. The van der Waals surface area contributed by atoms with Crippen molar-refractivity contribution < 1.29 is 0 Å². The molecule has 0 nitrogen and oxygen atoms in total. The number of halogens is 1. The van der Waals surface area contributed by atoms with Crippen LogP contribution in [0.4, 0.5) is 0 Å². The van der Waals surface area contributed by atoms with E-state index >= 15 is 0 Å². The summed E-state index contributed by atoms with van der Waals surface area (Å²) in [7, 11) is 0. The van der Waals surface area contributed by atoms with Crippen LogP contribution < -0.4 is 0 Å². The standard InChI is InChI=1S/C42H49Br/c1-5-7-11-30-17-18-31(12-8-6-2)26-34-28-40-38(27-33(34)25-30)41(32-19-15-29(3)16-20-32)37-13-9-10-14-39(37)42(40,4)35-21-23-36(43)24-22-35/h9-10,13-16,19-24,27-28,30-31,41H,5-8,11-12,17-18,25-26H2,1-4H3. The van der Waals surface area contributed by atoms with Crippen molar-refractivity contribution in [1.29, 1.82) is 0 Å². The summed E-state index contributed by atoms with van der Waals surface area (Å²) in [5, 5.41) is 0. The summed E-state index contributed by atoms with van der Waals surface area (Å²) in [6.45, 7) is 9.39. The fourth-order valence-electron chi connectivity index (χ4n) is 8.27. The Kier molecular flexibility index (Phi) is 9.29. The lowest BCUT2D eigenvalue weighted by atomic mass is 9.59. The predicted molar refractivity (Wildman–Crippen MR) is 187 cm³/mol. The van der Waals surface area contributed by atoms with Gasteiger partial charge in [-0.25, -0.2) is 0 Å². The van der Waals surface area contributed by atoms with E-state index in [0.717, 1.165) is 16.3 Å². The van der Waals surface area contributed by atoms with Gasteiger partial charge in [-0.3, -0.25) is 0 Å². The quantitative estimate of drug-likeness (QED) is 0.181. The molecule has 0 aromatic heterocycles. The zero-order valence-electron chi connectivity index (χ0n) is 26.8. The molecule has 4 atom stereocenters. The van der Waals surface area contributed by atoms with Crippen LogP contribution in [0, 0.1) is 18.8 Å². The molecule has 43 heavy (non-hydrogen) atoms. The lowest BCUT2D eigenvalue weighted by molar-refractivity contribution is 0.334. The molecule has 0 amide bonds. The van der Waals surface area contributed by atoms with E-state index < -0.39 is 0 Å². The molecule has 224 valence electrons. The highest BCUT2D eigenvalue weighted by Crippen LogP contribution is 2.53. The lowest BCUT2D eigenvalue weighted by Crippen LogP contribution is -2.34. The maximum Gasteiger partial charge on any atom is 0.0429 e. The Balaban J connectivity index is 1.59. The van der Waals surface area contributed by atoms with Crippen molar-refractivity contribution in [3.8, 4) is 0 Å². The normalized spacial score (nSPS) is 23.0. The molecule has 6 rings (SSSR count). The largest absolute Gasteiger partial charge is 0.0654 e. The first-order valence-electron chi connectivity index (χ1n) is 17.0. The monoisotopic (exact) mass is 632 g/mol. The number of unbranched alkanes of at least 4 members (excludes halogenated alkanes) is 2. The van der Waals surface area contributed by atoms with E-state index in [2.05, 4.69) is 129 Å². The third kappa shape index (κ3) is 6.04. The summed E-state index contributed by atoms with van der Waals surface area (Å²) < 4.78 is 1.14. The zero-order chi connectivity index (χ0) is 30.0. The summed E-state index contributed by atoms with van der Waals surface area (Å²) >= 11 is 3.71. The summed E-state index contributed by atoms with van der Waals surface area (Å²) in [5.74, 6) is 1.84. The number of aryl methyl sites for hydroxylation is 1. The second-order valence-corrected chi connectivity index (χ2v) is 14.7. The smallest absolute Gasteiger partial charge is 0.0429 e. The van der Waals surface area contributed by atoms with Gasteiger partial charge in [0.15, 0.2) is 0 Å². The Bertz CT molecular complexity index is 1530. The first-order valence-corrected chi connectivity index (χ1v) is 17.8. The minimum atomic E-state index is -0.217. The fourth-order valence-corrected chi connectivity index (χ4v) is 8.53. The van der Waals surface area contributed by atoms with Crippen LogP contribution in [0.5, 0.6) is 0 Å². The van der Waals surface area contributed by atoms with Crippen LogP contribution in [0.2, 0.25) is 0 Å². The van der Waals surface area contributed by atoms with E-state index in [1.165, 1.54) is 103 Å². The van der Waals surface area contributed by atoms with Crippen molar-refractivity contribution in [3.63, 3.8) is 0 Å². The number of hydrogen-bond donors (Lipinski definition) is 0. The Morgan fingerprint density at radius 3 is 1.93 bits per heavy atom. The van der Waals surface area contributed by atoms with Crippen molar-refractivity contribution in [3.05, 3.63) is 139 Å². The number of hydrogen-bond acceptors (Lipinski definition) is 0. The second kappa shape index (κ2) is 13.2. The highest BCUT2D eigenvalue weighted by molar-refractivity contribution is 9.10. The highest BCUT2D eigenvalue weighted by Gasteiger charge is 2.43. The van der Waals surface area contributed by atoms with Gasteiger partial charge in [0.1, 0.15) is 0 Å². The first-order chi connectivity index (χ1) is 20.9. The Labute approximate surface area is 269 Å². The second-order valence-electron chi connectivity index (χ2n) is 13.8. The van der Waals surface area contributed by atoms with Crippen LogP contribution in [0.3, 0.4) is 0 Å². The van der Waals surface area contributed by atoms with Crippen LogP contribution in [0.1, 0.15) is 128 Å². The van der Waals surface area contributed by atoms with E-state index in [0.29, 0.717) is 0 Å². The summed E-state index contributed by atoms with van der Waals surface area (Å²) in [5.41, 5.74) is 13.1. The maximum atomic E-state index is 3.71. The Morgan fingerprint density at radius 1 is 0.698 bits per heavy atom. The Morgan fingerprint density at radius 2 is 1.30 bits per heavy atom. The van der Waals surface area contributed by atoms with Gasteiger partial charge in [0.05, 0.1) is 0 Å². The summed E-state index contributed by atoms with van der Waals surface area (Å²) in [6, 6.07) is 33.2. The van der Waals surface area contributed by atoms with Crippen LogP contribution in [-0.4, -0.2) is 0 Å². The van der Waals surface area contributed by atoms with Crippen LogP contribution in [-0.2, 0) is 18.3 Å². The molecule has 0 spiro atoms. The molecule has 0 saturated carbocycles. The van der Waals surface area contributed by atoms with Gasteiger partial charge >= 0.3 is 0 Å². The van der Waals surface area contributed by atoms with E-state index in [1.54, 1.807) is 11.1 Å². The van der Waals surface area contributed by atoms with Gasteiger partial charge in [0, 0.05) is 15.8 Å². The SMILES string of the molecule is CCCCC1CCC(CCCC)Cc2cc3c(cc2C1)C(c1ccc(C)cc1)c1ccccc1C3(C)c1ccc(Br)cc1. The number of benzene rings is 4. The van der Waals surface area contributed by atoms with E-state index in [9.17, 15) is 0 Å². The molecule has 0 heterocycles. The molecule has 0 aliphatic heterocycles. The third-order valence-corrected chi connectivity index (χ3v) is 11.3. The minimum absolute atomic E-state index is 0.217. The summed E-state index contributed by atoms with van der Waals surface area (Å²) in [4.78, 5) is 0. The average molecular weight is 634 g/mol. The van der Waals surface area contributed by atoms with Crippen LogP contribution >= 0.6 is 15.9 Å². The summed E-state index contributed by atoms with van der Waals surface area (Å²) in [6.07, 6.45) is 13.3. The molecule has 0 radical (unpaired) electrons. The average Bonchev–Trinajstić information content (AvgIpc) is 3.01. The third-order valence-electron chi connectivity index (χ3n) is 10.8. The molecule has 1 heteroatoms. The van der Waals surface area contributed by atoms with Gasteiger partial charge in [-0.05, 0) is 108 Å². The van der Waals surface area contributed by atoms with Crippen molar-refractivity contribution in [2.75, 3.05) is 0 Å². The predicted octanol–water partition coefficient (Wildman–Crippen LogP) is 12.1. The zero-order valence-corrected chi connectivity index (χ0v) is 28.3. The first kappa shape index (κ1) is 30.4. The molecule has 0 saturated heterocycles. The van der Waals surface area contributed by atoms with Gasteiger partial charge in [-0.1, -0.05) is 147 Å². The van der Waals surface area contributed by atoms with E-state index in [1.807, 2.05) is 0 Å². The van der Waals surface area contributed by atoms with Crippen LogP contribution in [0.15, 0.2) is 89.4 Å².